The molecule has 1 aliphatic rings. The Morgan fingerprint density at radius 2 is 1.93 bits per heavy atom. The Kier molecular flexibility index (Phi) is 14.1. The van der Waals surface area contributed by atoms with Crippen LogP contribution in [0.2, 0.25) is 0 Å². The molecule has 8 heteroatoms. The van der Waals surface area contributed by atoms with Crippen molar-refractivity contribution in [1.29, 1.82) is 0 Å². The molecule has 1 heterocycles. The van der Waals surface area contributed by atoms with E-state index in [4.69, 9.17) is 14.2 Å². The number of halogens is 1. The molecule has 0 saturated carbocycles. The summed E-state index contributed by atoms with van der Waals surface area (Å²) in [5.74, 6) is 1.70. The second-order valence-corrected chi connectivity index (χ2v) is 7.54. The van der Waals surface area contributed by atoms with Crippen molar-refractivity contribution in [3.8, 4) is 5.75 Å². The lowest BCUT2D eigenvalue weighted by Crippen LogP contribution is -2.49. The maximum absolute atomic E-state index is 5.77. The first-order valence-electron chi connectivity index (χ1n) is 10.6. The van der Waals surface area contributed by atoms with Crippen LogP contribution in [0.15, 0.2) is 29.3 Å². The highest BCUT2D eigenvalue weighted by atomic mass is 127. The molecular formula is C22H39IN4O3. The lowest BCUT2D eigenvalue weighted by Gasteiger charge is -2.33. The summed E-state index contributed by atoms with van der Waals surface area (Å²) in [7, 11) is 3.49. The van der Waals surface area contributed by atoms with E-state index in [0.717, 1.165) is 56.4 Å². The zero-order valence-electron chi connectivity index (χ0n) is 18.9. The quantitative estimate of drug-likeness (QED) is 0.197. The molecule has 1 aromatic carbocycles. The number of hydrogen-bond acceptors (Lipinski definition) is 5. The highest BCUT2D eigenvalue weighted by molar-refractivity contribution is 14.0. The lowest BCUT2D eigenvalue weighted by atomic mass is 10.1. The third-order valence-corrected chi connectivity index (χ3v) is 5.00. The zero-order chi connectivity index (χ0) is 20.9. The van der Waals surface area contributed by atoms with Gasteiger partial charge >= 0.3 is 0 Å². The van der Waals surface area contributed by atoms with Gasteiger partial charge in [0.1, 0.15) is 5.75 Å². The molecule has 1 aromatic rings. The third-order valence-electron chi connectivity index (χ3n) is 5.00. The number of para-hydroxylation sites is 1. The molecule has 0 atom stereocenters. The molecule has 0 unspecified atom stereocenters. The number of likely N-dealkylation sites (tertiary alicyclic amines) is 1. The minimum atomic E-state index is 0. The maximum atomic E-state index is 5.77. The van der Waals surface area contributed by atoms with Gasteiger partial charge in [-0.2, -0.15) is 0 Å². The number of guanidine groups is 1. The maximum Gasteiger partial charge on any atom is 0.191 e. The van der Waals surface area contributed by atoms with E-state index in [1.54, 1.807) is 7.11 Å². The minimum absolute atomic E-state index is 0. The number of methoxy groups -OCH3 is 1. The average Bonchev–Trinajstić information content (AvgIpc) is 2.73. The van der Waals surface area contributed by atoms with Crippen molar-refractivity contribution < 1.29 is 14.2 Å². The van der Waals surface area contributed by atoms with Crippen molar-refractivity contribution >= 4 is 29.9 Å². The Morgan fingerprint density at radius 1 is 1.20 bits per heavy atom. The summed E-state index contributed by atoms with van der Waals surface area (Å²) in [4.78, 5) is 6.81. The van der Waals surface area contributed by atoms with E-state index in [0.29, 0.717) is 31.9 Å². The van der Waals surface area contributed by atoms with E-state index in [-0.39, 0.29) is 24.0 Å². The van der Waals surface area contributed by atoms with Crippen LogP contribution >= 0.6 is 24.0 Å². The highest BCUT2D eigenvalue weighted by Gasteiger charge is 2.19. The fourth-order valence-corrected chi connectivity index (χ4v) is 3.35. The van der Waals surface area contributed by atoms with Crippen molar-refractivity contribution in [2.45, 2.75) is 45.4 Å². The Hall–Kier alpha value is -1.10. The van der Waals surface area contributed by atoms with Gasteiger partial charge in [-0.05, 0) is 32.8 Å². The van der Waals surface area contributed by atoms with Gasteiger partial charge < -0.3 is 29.7 Å². The summed E-state index contributed by atoms with van der Waals surface area (Å²) in [5, 5.41) is 6.87. The smallest absolute Gasteiger partial charge is 0.191 e. The molecule has 0 radical (unpaired) electrons. The van der Waals surface area contributed by atoms with Gasteiger partial charge in [0.15, 0.2) is 5.96 Å². The van der Waals surface area contributed by atoms with Gasteiger partial charge in [-0.1, -0.05) is 18.2 Å². The summed E-state index contributed by atoms with van der Waals surface area (Å²) in [6.45, 7) is 10.0. The van der Waals surface area contributed by atoms with E-state index in [9.17, 15) is 0 Å². The number of rotatable bonds is 11. The molecule has 0 spiro atoms. The summed E-state index contributed by atoms with van der Waals surface area (Å²) in [5.41, 5.74) is 1.06. The SMILES string of the molecule is CN=C(NCCOCc1ccccc1OC)NC1CCN(CCOC(C)C)CC1.I. The van der Waals surface area contributed by atoms with E-state index in [1.807, 2.05) is 31.3 Å². The van der Waals surface area contributed by atoms with Crippen LogP contribution in [-0.4, -0.2) is 76.6 Å². The fourth-order valence-electron chi connectivity index (χ4n) is 3.35. The molecule has 1 aliphatic heterocycles. The van der Waals surface area contributed by atoms with Crippen LogP contribution in [0.3, 0.4) is 0 Å². The molecule has 1 fully saturated rings. The van der Waals surface area contributed by atoms with Crippen LogP contribution < -0.4 is 15.4 Å². The molecule has 0 aliphatic carbocycles. The molecule has 0 bridgehead atoms. The first-order chi connectivity index (χ1) is 14.1. The van der Waals surface area contributed by atoms with Gasteiger partial charge in [-0.25, -0.2) is 0 Å². The second kappa shape index (κ2) is 15.7. The van der Waals surface area contributed by atoms with E-state index >= 15 is 0 Å². The molecule has 0 amide bonds. The van der Waals surface area contributed by atoms with Gasteiger partial charge in [0.2, 0.25) is 0 Å². The van der Waals surface area contributed by atoms with Gasteiger partial charge in [0.05, 0.1) is 33.0 Å². The van der Waals surface area contributed by atoms with Crippen molar-refractivity contribution in [3.63, 3.8) is 0 Å². The molecule has 172 valence electrons. The number of piperidine rings is 1. The lowest BCUT2D eigenvalue weighted by molar-refractivity contribution is 0.0532. The largest absolute Gasteiger partial charge is 0.496 e. The van der Waals surface area contributed by atoms with Crippen LogP contribution in [0.4, 0.5) is 0 Å². The number of hydrogen-bond donors (Lipinski definition) is 2. The van der Waals surface area contributed by atoms with Crippen LogP contribution in [0.1, 0.15) is 32.3 Å². The number of nitrogens with zero attached hydrogens (tertiary/aromatic N) is 2. The predicted molar refractivity (Wildman–Crippen MR) is 133 cm³/mol. The Labute approximate surface area is 199 Å². The number of nitrogens with one attached hydrogen (secondary N) is 2. The molecular weight excluding hydrogens is 495 g/mol. The van der Waals surface area contributed by atoms with E-state index in [2.05, 4.69) is 34.4 Å². The van der Waals surface area contributed by atoms with Gasteiger partial charge in [-0.15, -0.1) is 24.0 Å². The summed E-state index contributed by atoms with van der Waals surface area (Å²) >= 11 is 0. The Morgan fingerprint density at radius 3 is 2.60 bits per heavy atom. The molecule has 2 N–H and O–H groups in total. The van der Waals surface area contributed by atoms with Gasteiger partial charge in [0.25, 0.3) is 0 Å². The van der Waals surface area contributed by atoms with Crippen LogP contribution in [0.5, 0.6) is 5.75 Å². The van der Waals surface area contributed by atoms with E-state index in [1.165, 1.54) is 0 Å². The first kappa shape index (κ1) is 26.9. The van der Waals surface area contributed by atoms with Gasteiger partial charge in [0, 0.05) is 44.8 Å². The average molecular weight is 534 g/mol. The molecule has 30 heavy (non-hydrogen) atoms. The minimum Gasteiger partial charge on any atom is -0.496 e. The zero-order valence-corrected chi connectivity index (χ0v) is 21.2. The fraction of sp³-hybridized carbons (Fsp3) is 0.682. The summed E-state index contributed by atoms with van der Waals surface area (Å²) in [6.07, 6.45) is 2.54. The van der Waals surface area contributed by atoms with E-state index < -0.39 is 0 Å². The monoisotopic (exact) mass is 534 g/mol. The molecule has 7 nitrogen and oxygen atoms in total. The Bertz CT molecular complexity index is 608. The molecule has 1 saturated heterocycles. The first-order valence-corrected chi connectivity index (χ1v) is 10.6. The van der Waals surface area contributed by atoms with Crippen molar-refractivity contribution in [2.24, 2.45) is 4.99 Å². The van der Waals surface area contributed by atoms with Crippen LogP contribution in [-0.2, 0) is 16.1 Å². The normalized spacial score (nSPS) is 15.7. The number of benzene rings is 1. The summed E-state index contributed by atoms with van der Waals surface area (Å²) < 4.78 is 16.8. The Balaban J connectivity index is 0.00000450. The molecule has 0 aromatic heterocycles. The van der Waals surface area contributed by atoms with Crippen molar-refractivity contribution in [3.05, 3.63) is 29.8 Å². The summed E-state index contributed by atoms with van der Waals surface area (Å²) in [6, 6.07) is 8.38. The van der Waals surface area contributed by atoms with Crippen molar-refractivity contribution in [2.75, 3.05) is 53.6 Å². The topological polar surface area (TPSA) is 67.4 Å². The third kappa shape index (κ3) is 10.3. The second-order valence-electron chi connectivity index (χ2n) is 7.54. The molecule has 2 rings (SSSR count). The predicted octanol–water partition coefficient (Wildman–Crippen LogP) is 2.88. The van der Waals surface area contributed by atoms with Crippen LogP contribution in [0.25, 0.3) is 0 Å². The van der Waals surface area contributed by atoms with Crippen molar-refractivity contribution in [1.82, 2.24) is 15.5 Å². The van der Waals surface area contributed by atoms with Gasteiger partial charge in [-0.3, -0.25) is 4.99 Å². The highest BCUT2D eigenvalue weighted by Crippen LogP contribution is 2.17. The standard InChI is InChI=1S/C22H38N4O3.HI/c1-18(2)29-16-14-26-12-9-20(10-13-26)25-22(23-3)24-11-15-28-17-19-7-5-6-8-21(19)27-4;/h5-8,18,20H,9-17H2,1-4H3,(H2,23,24,25);1H. The number of aliphatic imine (C=N–C) groups is 1. The number of ether oxygens (including phenoxy) is 3. The van der Waals surface area contributed by atoms with Crippen LogP contribution in [0, 0.1) is 0 Å².